The standard InChI is InChI=1S/C13H23NO3/c1-13(2,3)12(15)17-9-11-8-14(6-7-16-11)10-4-5-10/h10-11H,4-9H2,1-3H3/t11-/m1/s1. The Morgan fingerprint density at radius 2 is 2.12 bits per heavy atom. The van der Waals surface area contributed by atoms with Crippen molar-refractivity contribution in [2.24, 2.45) is 5.41 Å². The maximum atomic E-state index is 11.6. The molecule has 0 amide bonds. The zero-order valence-corrected chi connectivity index (χ0v) is 11.1. The Morgan fingerprint density at radius 1 is 1.41 bits per heavy atom. The van der Waals surface area contributed by atoms with E-state index >= 15 is 0 Å². The zero-order valence-electron chi connectivity index (χ0n) is 11.1. The Kier molecular flexibility index (Phi) is 3.73. The van der Waals surface area contributed by atoms with Gasteiger partial charge in [0, 0.05) is 19.1 Å². The molecule has 1 atom stereocenters. The zero-order chi connectivity index (χ0) is 12.5. The summed E-state index contributed by atoms with van der Waals surface area (Å²) >= 11 is 0. The Bertz CT molecular complexity index is 281. The topological polar surface area (TPSA) is 38.8 Å². The van der Waals surface area contributed by atoms with E-state index in [1.807, 2.05) is 20.8 Å². The SMILES string of the molecule is CC(C)(C)C(=O)OC[C@H]1CN(C2CC2)CCO1. The number of nitrogens with zero attached hydrogens (tertiary/aromatic N) is 1. The summed E-state index contributed by atoms with van der Waals surface area (Å²) < 4.78 is 10.9. The molecule has 2 rings (SSSR count). The van der Waals surface area contributed by atoms with Gasteiger partial charge in [0.15, 0.2) is 0 Å². The van der Waals surface area contributed by atoms with Crippen LogP contribution in [-0.4, -0.2) is 49.3 Å². The van der Waals surface area contributed by atoms with Crippen LogP contribution < -0.4 is 0 Å². The van der Waals surface area contributed by atoms with Gasteiger partial charge in [0.05, 0.1) is 12.0 Å². The molecular weight excluding hydrogens is 218 g/mol. The Labute approximate surface area is 103 Å². The Balaban J connectivity index is 1.73. The van der Waals surface area contributed by atoms with Gasteiger partial charge in [-0.1, -0.05) is 0 Å². The van der Waals surface area contributed by atoms with Crippen molar-refractivity contribution in [2.45, 2.75) is 45.8 Å². The molecular formula is C13H23NO3. The van der Waals surface area contributed by atoms with Gasteiger partial charge in [-0.25, -0.2) is 0 Å². The first-order valence-electron chi connectivity index (χ1n) is 6.49. The number of morpholine rings is 1. The summed E-state index contributed by atoms with van der Waals surface area (Å²) in [6, 6.07) is 0.764. The van der Waals surface area contributed by atoms with Crippen LogP contribution in [0.3, 0.4) is 0 Å². The average Bonchev–Trinajstić information content (AvgIpc) is 3.08. The first kappa shape index (κ1) is 12.8. The van der Waals surface area contributed by atoms with Crippen LogP contribution >= 0.6 is 0 Å². The summed E-state index contributed by atoms with van der Waals surface area (Å²) in [7, 11) is 0. The molecule has 1 saturated heterocycles. The second kappa shape index (κ2) is 4.94. The summed E-state index contributed by atoms with van der Waals surface area (Å²) in [4.78, 5) is 14.1. The van der Waals surface area contributed by atoms with E-state index in [-0.39, 0.29) is 12.1 Å². The molecule has 17 heavy (non-hydrogen) atoms. The fraction of sp³-hybridized carbons (Fsp3) is 0.923. The summed E-state index contributed by atoms with van der Waals surface area (Å²) in [5.41, 5.74) is -0.426. The predicted octanol–water partition coefficient (Wildman–Crippen LogP) is 1.44. The van der Waals surface area contributed by atoms with Gasteiger partial charge in [-0.05, 0) is 33.6 Å². The highest BCUT2D eigenvalue weighted by molar-refractivity contribution is 5.75. The molecule has 0 bridgehead atoms. The number of esters is 1. The largest absolute Gasteiger partial charge is 0.462 e. The first-order chi connectivity index (χ1) is 7.97. The number of hydrogen-bond acceptors (Lipinski definition) is 4. The van der Waals surface area contributed by atoms with Crippen LogP contribution in [0.1, 0.15) is 33.6 Å². The molecule has 0 unspecified atom stereocenters. The number of carbonyl (C=O) groups is 1. The van der Waals surface area contributed by atoms with E-state index in [1.165, 1.54) is 12.8 Å². The van der Waals surface area contributed by atoms with Crippen LogP contribution in [0.4, 0.5) is 0 Å². The molecule has 1 aliphatic heterocycles. The number of carbonyl (C=O) groups excluding carboxylic acids is 1. The minimum atomic E-state index is -0.426. The van der Waals surface area contributed by atoms with Gasteiger partial charge in [0.1, 0.15) is 12.7 Å². The summed E-state index contributed by atoms with van der Waals surface area (Å²) in [6.07, 6.45) is 2.68. The second-order valence-corrected chi connectivity index (χ2v) is 6.07. The maximum Gasteiger partial charge on any atom is 0.311 e. The van der Waals surface area contributed by atoms with Crippen molar-refractivity contribution < 1.29 is 14.3 Å². The van der Waals surface area contributed by atoms with E-state index in [0.717, 1.165) is 25.7 Å². The Hall–Kier alpha value is -0.610. The first-order valence-corrected chi connectivity index (χ1v) is 6.49. The van der Waals surface area contributed by atoms with E-state index < -0.39 is 5.41 Å². The van der Waals surface area contributed by atoms with Crippen LogP contribution in [0, 0.1) is 5.41 Å². The summed E-state index contributed by atoms with van der Waals surface area (Å²) in [5.74, 6) is -0.148. The monoisotopic (exact) mass is 241 g/mol. The van der Waals surface area contributed by atoms with Crippen molar-refractivity contribution in [2.75, 3.05) is 26.3 Å². The molecule has 0 radical (unpaired) electrons. The lowest BCUT2D eigenvalue weighted by Crippen LogP contribution is -2.46. The molecule has 98 valence electrons. The molecule has 0 aromatic heterocycles. The van der Waals surface area contributed by atoms with E-state index in [1.54, 1.807) is 0 Å². The van der Waals surface area contributed by atoms with Crippen LogP contribution in [0.25, 0.3) is 0 Å². The van der Waals surface area contributed by atoms with Crippen molar-refractivity contribution in [3.63, 3.8) is 0 Å². The number of hydrogen-bond donors (Lipinski definition) is 0. The van der Waals surface area contributed by atoms with E-state index in [2.05, 4.69) is 4.90 Å². The molecule has 0 aromatic carbocycles. The summed E-state index contributed by atoms with van der Waals surface area (Å²) in [5, 5.41) is 0. The third kappa shape index (κ3) is 3.68. The van der Waals surface area contributed by atoms with Crippen LogP contribution in [0.15, 0.2) is 0 Å². The smallest absolute Gasteiger partial charge is 0.311 e. The van der Waals surface area contributed by atoms with Crippen molar-refractivity contribution in [1.29, 1.82) is 0 Å². The van der Waals surface area contributed by atoms with Crippen LogP contribution in [-0.2, 0) is 14.3 Å². The number of ether oxygens (including phenoxy) is 2. The maximum absolute atomic E-state index is 11.6. The lowest BCUT2D eigenvalue weighted by molar-refractivity contribution is -0.159. The van der Waals surface area contributed by atoms with Crippen molar-refractivity contribution in [3.05, 3.63) is 0 Å². The van der Waals surface area contributed by atoms with Gasteiger partial charge in [-0.15, -0.1) is 0 Å². The molecule has 1 heterocycles. The van der Waals surface area contributed by atoms with Crippen LogP contribution in [0.2, 0.25) is 0 Å². The van der Waals surface area contributed by atoms with Gasteiger partial charge in [-0.3, -0.25) is 9.69 Å². The van der Waals surface area contributed by atoms with Gasteiger partial charge in [0.25, 0.3) is 0 Å². The van der Waals surface area contributed by atoms with E-state index in [0.29, 0.717) is 6.61 Å². The van der Waals surface area contributed by atoms with Gasteiger partial charge >= 0.3 is 5.97 Å². The highest BCUT2D eigenvalue weighted by atomic mass is 16.6. The fourth-order valence-electron chi connectivity index (χ4n) is 2.00. The van der Waals surface area contributed by atoms with Crippen molar-refractivity contribution in [1.82, 2.24) is 4.90 Å². The fourth-order valence-corrected chi connectivity index (χ4v) is 2.00. The molecule has 1 aliphatic carbocycles. The second-order valence-electron chi connectivity index (χ2n) is 6.07. The molecule has 2 aliphatic rings. The molecule has 4 nitrogen and oxygen atoms in total. The third-order valence-electron chi connectivity index (χ3n) is 3.25. The quantitative estimate of drug-likeness (QED) is 0.701. The van der Waals surface area contributed by atoms with Crippen molar-refractivity contribution in [3.8, 4) is 0 Å². The molecule has 4 heteroatoms. The minimum absolute atomic E-state index is 0.0515. The normalized spacial score (nSPS) is 26.9. The van der Waals surface area contributed by atoms with E-state index in [9.17, 15) is 4.79 Å². The molecule has 0 spiro atoms. The predicted molar refractivity (Wildman–Crippen MR) is 64.7 cm³/mol. The Morgan fingerprint density at radius 3 is 2.71 bits per heavy atom. The molecule has 0 aromatic rings. The number of rotatable bonds is 3. The van der Waals surface area contributed by atoms with Crippen LogP contribution in [0.5, 0.6) is 0 Å². The molecule has 2 fully saturated rings. The third-order valence-corrected chi connectivity index (χ3v) is 3.25. The molecule has 1 saturated carbocycles. The van der Waals surface area contributed by atoms with Crippen molar-refractivity contribution >= 4 is 5.97 Å². The van der Waals surface area contributed by atoms with Gasteiger partial charge in [-0.2, -0.15) is 0 Å². The highest BCUT2D eigenvalue weighted by Gasteiger charge is 2.33. The van der Waals surface area contributed by atoms with Gasteiger partial charge in [0.2, 0.25) is 0 Å². The molecule has 0 N–H and O–H groups in total. The van der Waals surface area contributed by atoms with Gasteiger partial charge < -0.3 is 9.47 Å². The lowest BCUT2D eigenvalue weighted by Gasteiger charge is -2.33. The highest BCUT2D eigenvalue weighted by Crippen LogP contribution is 2.28. The minimum Gasteiger partial charge on any atom is -0.462 e. The summed E-state index contributed by atoms with van der Waals surface area (Å²) in [6.45, 7) is 8.68. The lowest BCUT2D eigenvalue weighted by atomic mass is 9.97. The average molecular weight is 241 g/mol. The van der Waals surface area contributed by atoms with E-state index in [4.69, 9.17) is 9.47 Å².